The highest BCUT2D eigenvalue weighted by Crippen LogP contribution is 2.33. The first kappa shape index (κ1) is 25.3. The van der Waals surface area contributed by atoms with E-state index >= 15 is 0 Å². The van der Waals surface area contributed by atoms with E-state index in [2.05, 4.69) is 25.0 Å². The highest BCUT2D eigenvalue weighted by molar-refractivity contribution is 5.94. The summed E-state index contributed by atoms with van der Waals surface area (Å²) in [5.74, 6) is 0.507. The van der Waals surface area contributed by atoms with Crippen molar-refractivity contribution < 1.29 is 37.3 Å². The molecule has 0 bridgehead atoms. The number of fused-ring (bicyclic) bond motifs is 1. The molecule has 0 spiro atoms. The number of hydrogen-bond donors (Lipinski definition) is 2. The van der Waals surface area contributed by atoms with E-state index in [-0.39, 0.29) is 44.3 Å². The first-order valence-corrected chi connectivity index (χ1v) is 11.0. The minimum absolute atomic E-state index is 0.108. The van der Waals surface area contributed by atoms with Crippen LogP contribution in [0.4, 0.5) is 13.2 Å². The lowest BCUT2D eigenvalue weighted by Gasteiger charge is -2.27. The predicted octanol–water partition coefficient (Wildman–Crippen LogP) is 2.72. The first-order chi connectivity index (χ1) is 17.3. The highest BCUT2D eigenvalue weighted by atomic mass is 19.4. The molecule has 36 heavy (non-hydrogen) atoms. The molecular formula is C24H23F3N4O5. The van der Waals surface area contributed by atoms with Gasteiger partial charge >= 0.3 is 6.18 Å². The fourth-order valence-electron chi connectivity index (χ4n) is 3.58. The Balaban J connectivity index is 1.33. The number of nitrogens with one attached hydrogen (secondary N) is 1. The van der Waals surface area contributed by atoms with Gasteiger partial charge in [0.2, 0.25) is 5.88 Å². The Labute approximate surface area is 204 Å². The average Bonchev–Trinajstić information content (AvgIpc) is 2.88. The number of rotatable bonds is 9. The fraction of sp³-hybridized carbons (Fsp3) is 0.333. The Morgan fingerprint density at radius 1 is 1.11 bits per heavy atom. The fourth-order valence-corrected chi connectivity index (χ4v) is 3.58. The quantitative estimate of drug-likeness (QED) is 0.428. The van der Waals surface area contributed by atoms with Gasteiger partial charge in [-0.25, -0.2) is 4.98 Å². The van der Waals surface area contributed by atoms with Gasteiger partial charge in [-0.1, -0.05) is 12.1 Å². The van der Waals surface area contributed by atoms with Gasteiger partial charge in [0.25, 0.3) is 5.91 Å². The molecule has 2 N–H and O–H groups in total. The first-order valence-electron chi connectivity index (χ1n) is 11.0. The van der Waals surface area contributed by atoms with Crippen LogP contribution in [0.5, 0.6) is 11.6 Å². The van der Waals surface area contributed by atoms with Crippen molar-refractivity contribution in [3.8, 4) is 22.9 Å². The number of carbonyl (C=O) groups is 1. The monoisotopic (exact) mass is 504 g/mol. The number of hydrogen-bond acceptors (Lipinski definition) is 8. The van der Waals surface area contributed by atoms with Gasteiger partial charge in [-0.3, -0.25) is 14.8 Å². The molecule has 190 valence electrons. The van der Waals surface area contributed by atoms with Crippen LogP contribution >= 0.6 is 0 Å². The van der Waals surface area contributed by atoms with Crippen LogP contribution in [0.15, 0.2) is 48.9 Å². The van der Waals surface area contributed by atoms with Gasteiger partial charge in [0.15, 0.2) is 0 Å². The summed E-state index contributed by atoms with van der Waals surface area (Å²) < 4.78 is 51.7. The number of aliphatic hydroxyl groups is 1. The van der Waals surface area contributed by atoms with E-state index in [9.17, 15) is 23.1 Å². The number of halogens is 3. The summed E-state index contributed by atoms with van der Waals surface area (Å²) in [4.78, 5) is 25.3. The van der Waals surface area contributed by atoms with E-state index in [4.69, 9.17) is 9.47 Å². The normalized spacial score (nSPS) is 15.1. The molecular weight excluding hydrogens is 481 g/mol. The standard InChI is InChI=1S/C24H23F3N4O5/c25-24(26,27)14-34-6-7-35-22-5-4-15(9-30-22)23(33)31-16-8-19-18(2-1-3-21(19)36-13-16)20-11-28-17(12-32)10-29-20/h1-5,9-11,16,32H,6-8,12-14H2,(H,31,33)/t16-/m0/s1. The summed E-state index contributed by atoms with van der Waals surface area (Å²) in [5.41, 5.74) is 3.09. The van der Waals surface area contributed by atoms with Crippen LogP contribution in [0.25, 0.3) is 11.3 Å². The van der Waals surface area contributed by atoms with Crippen molar-refractivity contribution in [1.82, 2.24) is 20.3 Å². The van der Waals surface area contributed by atoms with Crippen LogP contribution in [0.2, 0.25) is 0 Å². The van der Waals surface area contributed by atoms with E-state index in [0.717, 1.165) is 11.1 Å². The smallest absolute Gasteiger partial charge is 0.411 e. The Morgan fingerprint density at radius 2 is 1.97 bits per heavy atom. The van der Waals surface area contributed by atoms with E-state index in [1.807, 2.05) is 18.2 Å². The molecule has 9 nitrogen and oxygen atoms in total. The van der Waals surface area contributed by atoms with Gasteiger partial charge < -0.3 is 24.6 Å². The van der Waals surface area contributed by atoms with Crippen LogP contribution in [0.3, 0.4) is 0 Å². The molecule has 3 aromatic rings. The summed E-state index contributed by atoms with van der Waals surface area (Å²) >= 11 is 0. The minimum Gasteiger partial charge on any atom is -0.491 e. The van der Waals surface area contributed by atoms with E-state index in [1.54, 1.807) is 6.20 Å². The number of nitrogens with zero attached hydrogens (tertiary/aromatic N) is 3. The van der Waals surface area contributed by atoms with Gasteiger partial charge in [0, 0.05) is 29.8 Å². The number of amides is 1. The van der Waals surface area contributed by atoms with Crippen molar-refractivity contribution in [1.29, 1.82) is 0 Å². The van der Waals surface area contributed by atoms with Crippen molar-refractivity contribution in [3.05, 3.63) is 65.7 Å². The second-order valence-corrected chi connectivity index (χ2v) is 7.92. The summed E-state index contributed by atoms with van der Waals surface area (Å²) in [6, 6.07) is 8.26. The lowest BCUT2D eigenvalue weighted by atomic mass is 9.95. The lowest BCUT2D eigenvalue weighted by Crippen LogP contribution is -2.42. The molecule has 1 atom stereocenters. The number of benzene rings is 1. The van der Waals surface area contributed by atoms with Gasteiger partial charge in [0.05, 0.1) is 48.6 Å². The van der Waals surface area contributed by atoms with Crippen molar-refractivity contribution in [3.63, 3.8) is 0 Å². The second-order valence-electron chi connectivity index (χ2n) is 7.92. The molecule has 2 aromatic heterocycles. The van der Waals surface area contributed by atoms with Gasteiger partial charge in [-0.2, -0.15) is 13.2 Å². The summed E-state index contributed by atoms with van der Waals surface area (Å²) in [6.07, 6.45) is 0.533. The molecule has 1 aliphatic rings. The third kappa shape index (κ3) is 6.67. The number of pyridine rings is 1. The van der Waals surface area contributed by atoms with Crippen molar-refractivity contribution >= 4 is 5.91 Å². The highest BCUT2D eigenvalue weighted by Gasteiger charge is 2.27. The average molecular weight is 504 g/mol. The number of aliphatic hydroxyl groups excluding tert-OH is 1. The third-order valence-corrected chi connectivity index (χ3v) is 5.24. The number of carbonyl (C=O) groups excluding carboxylic acids is 1. The number of ether oxygens (including phenoxy) is 3. The molecule has 0 saturated heterocycles. The van der Waals surface area contributed by atoms with Crippen LogP contribution in [0.1, 0.15) is 21.6 Å². The zero-order valence-corrected chi connectivity index (χ0v) is 19.0. The summed E-state index contributed by atoms with van der Waals surface area (Å²) in [5, 5.41) is 12.1. The maximum atomic E-state index is 12.7. The van der Waals surface area contributed by atoms with Crippen molar-refractivity contribution in [2.24, 2.45) is 0 Å². The van der Waals surface area contributed by atoms with E-state index < -0.39 is 12.8 Å². The van der Waals surface area contributed by atoms with Gasteiger partial charge in [0.1, 0.15) is 25.6 Å². The molecule has 1 aliphatic heterocycles. The molecule has 0 aliphatic carbocycles. The molecule has 0 radical (unpaired) electrons. The SMILES string of the molecule is O=C(N[C@@H]1COc2cccc(-c3cnc(CO)cn3)c2C1)c1ccc(OCCOCC(F)(F)F)nc1. The second kappa shape index (κ2) is 11.3. The van der Waals surface area contributed by atoms with Crippen LogP contribution in [0, 0.1) is 0 Å². The summed E-state index contributed by atoms with van der Waals surface area (Å²) in [6.45, 7) is -1.61. The molecule has 3 heterocycles. The van der Waals surface area contributed by atoms with Crippen LogP contribution in [-0.2, 0) is 17.8 Å². The summed E-state index contributed by atoms with van der Waals surface area (Å²) in [7, 11) is 0. The maximum Gasteiger partial charge on any atom is 0.411 e. The zero-order chi connectivity index (χ0) is 25.5. The number of alkyl halides is 3. The Bertz CT molecular complexity index is 1170. The third-order valence-electron chi connectivity index (χ3n) is 5.24. The predicted molar refractivity (Wildman–Crippen MR) is 120 cm³/mol. The van der Waals surface area contributed by atoms with E-state index in [1.165, 1.54) is 24.5 Å². The Hall–Kier alpha value is -3.77. The maximum absolute atomic E-state index is 12.7. The van der Waals surface area contributed by atoms with Gasteiger partial charge in [-0.05, 0) is 12.1 Å². The molecule has 0 fully saturated rings. The topological polar surface area (TPSA) is 116 Å². The van der Waals surface area contributed by atoms with Gasteiger partial charge in [-0.15, -0.1) is 0 Å². The lowest BCUT2D eigenvalue weighted by molar-refractivity contribution is -0.175. The Kier molecular flexibility index (Phi) is 7.96. The Morgan fingerprint density at radius 3 is 2.67 bits per heavy atom. The zero-order valence-electron chi connectivity index (χ0n) is 19.0. The minimum atomic E-state index is -4.39. The van der Waals surface area contributed by atoms with Crippen LogP contribution < -0.4 is 14.8 Å². The largest absolute Gasteiger partial charge is 0.491 e. The molecule has 1 aromatic carbocycles. The molecule has 0 saturated carbocycles. The van der Waals surface area contributed by atoms with E-state index in [0.29, 0.717) is 29.1 Å². The molecule has 4 rings (SSSR count). The number of aromatic nitrogens is 3. The molecule has 0 unspecified atom stereocenters. The molecule has 12 heteroatoms. The molecule has 1 amide bonds. The van der Waals surface area contributed by atoms with Crippen molar-refractivity contribution in [2.75, 3.05) is 26.4 Å². The van der Waals surface area contributed by atoms with Crippen LogP contribution in [-0.4, -0.2) is 64.6 Å². The van der Waals surface area contributed by atoms with Crippen molar-refractivity contribution in [2.45, 2.75) is 25.2 Å².